The van der Waals surface area contributed by atoms with Gasteiger partial charge in [-0.05, 0) is 60.0 Å². The third kappa shape index (κ3) is 4.25. The second-order valence-corrected chi connectivity index (χ2v) is 9.74. The van der Waals surface area contributed by atoms with Crippen molar-refractivity contribution in [2.75, 3.05) is 0 Å². The maximum absolute atomic E-state index is 14.1. The van der Waals surface area contributed by atoms with Crippen LogP contribution < -0.4 is 5.32 Å². The van der Waals surface area contributed by atoms with Crippen molar-refractivity contribution in [1.29, 1.82) is 5.41 Å². The van der Waals surface area contributed by atoms with Crippen LogP contribution in [0.15, 0.2) is 73.1 Å². The van der Waals surface area contributed by atoms with E-state index in [1.54, 1.807) is 36.4 Å². The van der Waals surface area contributed by atoms with Crippen molar-refractivity contribution in [2.45, 2.75) is 32.1 Å². The molecule has 0 unspecified atom stereocenters. The van der Waals surface area contributed by atoms with E-state index in [9.17, 15) is 18.4 Å². The average molecular weight is 540 g/mol. The monoisotopic (exact) mass is 539 g/mol. The number of fused-ring (bicyclic) bond motifs is 1. The van der Waals surface area contributed by atoms with E-state index in [4.69, 9.17) is 5.41 Å². The van der Waals surface area contributed by atoms with Crippen LogP contribution >= 0.6 is 0 Å². The van der Waals surface area contributed by atoms with Crippen molar-refractivity contribution in [2.24, 2.45) is 0 Å². The fourth-order valence-corrected chi connectivity index (χ4v) is 5.22. The number of nitrogens with zero attached hydrogens (tertiary/aromatic N) is 5. The SMILES string of the molecule is Cc1cc(CN2C(=N)NC(c3ccc(F)cc3)(c3ccc(F)cc3)C2=O)cc(C(=O)N2Cc3nccnc3C2)n1. The van der Waals surface area contributed by atoms with Crippen LogP contribution in [0.25, 0.3) is 0 Å². The highest BCUT2D eigenvalue weighted by Gasteiger charge is 2.52. The zero-order chi connectivity index (χ0) is 28.0. The molecule has 0 saturated carbocycles. The third-order valence-corrected chi connectivity index (χ3v) is 7.10. The van der Waals surface area contributed by atoms with Gasteiger partial charge in [-0.2, -0.15) is 0 Å². The number of pyridine rings is 1. The largest absolute Gasteiger partial charge is 0.334 e. The average Bonchev–Trinajstić information content (AvgIpc) is 3.48. The van der Waals surface area contributed by atoms with Crippen LogP contribution in [0.4, 0.5) is 8.78 Å². The number of guanidine groups is 1. The molecule has 2 aliphatic heterocycles. The number of rotatable bonds is 5. The van der Waals surface area contributed by atoms with Crippen LogP contribution in [0.2, 0.25) is 0 Å². The van der Waals surface area contributed by atoms with Crippen LogP contribution in [0.5, 0.6) is 0 Å². The third-order valence-electron chi connectivity index (χ3n) is 7.10. The lowest BCUT2D eigenvalue weighted by atomic mass is 9.82. The summed E-state index contributed by atoms with van der Waals surface area (Å²) in [6.07, 6.45) is 3.17. The zero-order valence-corrected chi connectivity index (χ0v) is 21.4. The summed E-state index contributed by atoms with van der Waals surface area (Å²) in [7, 11) is 0. The molecule has 0 radical (unpaired) electrons. The van der Waals surface area contributed by atoms with Gasteiger partial charge in [0.15, 0.2) is 11.5 Å². The fourth-order valence-electron chi connectivity index (χ4n) is 5.22. The molecule has 40 heavy (non-hydrogen) atoms. The van der Waals surface area contributed by atoms with Gasteiger partial charge in [-0.3, -0.25) is 29.9 Å². The molecule has 0 aliphatic carbocycles. The first-order chi connectivity index (χ1) is 19.2. The van der Waals surface area contributed by atoms with Crippen LogP contribution in [0.1, 0.15) is 44.3 Å². The van der Waals surface area contributed by atoms with E-state index < -0.39 is 23.1 Å². The van der Waals surface area contributed by atoms with E-state index >= 15 is 0 Å². The second-order valence-electron chi connectivity index (χ2n) is 9.74. The normalized spacial score (nSPS) is 15.8. The first kappa shape index (κ1) is 25.2. The molecule has 2 N–H and O–H groups in total. The molecule has 0 bridgehead atoms. The van der Waals surface area contributed by atoms with E-state index in [0.29, 0.717) is 35.5 Å². The molecule has 1 fully saturated rings. The van der Waals surface area contributed by atoms with Crippen LogP contribution in [-0.2, 0) is 30.0 Å². The van der Waals surface area contributed by atoms with Crippen LogP contribution in [0.3, 0.4) is 0 Å². The maximum atomic E-state index is 14.1. The first-order valence-electron chi connectivity index (χ1n) is 12.5. The molecule has 2 amide bonds. The molecule has 0 spiro atoms. The number of aryl methyl sites for hydroxylation is 1. The minimum atomic E-state index is -1.57. The molecular weight excluding hydrogens is 516 g/mol. The van der Waals surface area contributed by atoms with Crippen molar-refractivity contribution in [3.05, 3.63) is 124 Å². The van der Waals surface area contributed by atoms with Gasteiger partial charge in [-0.25, -0.2) is 13.8 Å². The highest BCUT2D eigenvalue weighted by Crippen LogP contribution is 2.37. The van der Waals surface area contributed by atoms with Crippen LogP contribution in [0, 0.1) is 24.0 Å². The van der Waals surface area contributed by atoms with E-state index in [1.165, 1.54) is 53.4 Å². The summed E-state index contributed by atoms with van der Waals surface area (Å²) in [5, 5.41) is 11.6. The van der Waals surface area contributed by atoms with Gasteiger partial charge in [0.25, 0.3) is 11.8 Å². The van der Waals surface area contributed by atoms with Crippen molar-refractivity contribution in [1.82, 2.24) is 30.1 Å². The van der Waals surface area contributed by atoms with Gasteiger partial charge in [-0.1, -0.05) is 24.3 Å². The fraction of sp³-hybridized carbons (Fsp3) is 0.172. The topological polar surface area (TPSA) is 115 Å². The Balaban J connectivity index is 1.31. The maximum Gasteiger partial charge on any atom is 0.273 e. The number of aromatic nitrogens is 3. The summed E-state index contributed by atoms with van der Waals surface area (Å²) in [4.78, 5) is 43.2. The molecule has 4 aromatic rings. The summed E-state index contributed by atoms with van der Waals surface area (Å²) in [6.45, 7) is 2.37. The first-order valence-corrected chi connectivity index (χ1v) is 12.5. The van der Waals surface area contributed by atoms with Gasteiger partial charge in [-0.15, -0.1) is 0 Å². The Bertz CT molecular complexity index is 1590. The summed E-state index contributed by atoms with van der Waals surface area (Å²) >= 11 is 0. The van der Waals surface area contributed by atoms with E-state index in [0.717, 1.165) is 11.4 Å². The summed E-state index contributed by atoms with van der Waals surface area (Å²) in [6, 6.07) is 14.1. The molecule has 4 heterocycles. The Morgan fingerprint density at radius 3 is 2.05 bits per heavy atom. The lowest BCUT2D eigenvalue weighted by molar-refractivity contribution is -0.130. The number of hydrogen-bond acceptors (Lipinski definition) is 6. The molecule has 2 aromatic carbocycles. The zero-order valence-electron chi connectivity index (χ0n) is 21.4. The Hall–Kier alpha value is -5.06. The van der Waals surface area contributed by atoms with E-state index in [2.05, 4.69) is 20.3 Å². The molecule has 0 atom stereocenters. The highest BCUT2D eigenvalue weighted by molar-refractivity contribution is 6.10. The van der Waals surface area contributed by atoms with Crippen molar-refractivity contribution < 1.29 is 18.4 Å². The van der Waals surface area contributed by atoms with E-state index in [1.807, 2.05) is 0 Å². The molecular formula is C29H23F2N7O2. The Morgan fingerprint density at radius 1 is 0.950 bits per heavy atom. The number of halogens is 2. The molecule has 2 aliphatic rings. The number of benzene rings is 2. The number of carbonyl (C=O) groups is 2. The van der Waals surface area contributed by atoms with Gasteiger partial charge in [0.1, 0.15) is 17.3 Å². The van der Waals surface area contributed by atoms with Gasteiger partial charge in [0.2, 0.25) is 0 Å². The van der Waals surface area contributed by atoms with Gasteiger partial charge in [0.05, 0.1) is 31.0 Å². The Morgan fingerprint density at radius 2 is 1.50 bits per heavy atom. The second kappa shape index (κ2) is 9.60. The predicted molar refractivity (Wildman–Crippen MR) is 140 cm³/mol. The Kier molecular flexibility index (Phi) is 6.05. The minimum Gasteiger partial charge on any atom is -0.334 e. The molecule has 9 nitrogen and oxygen atoms in total. The molecule has 2 aromatic heterocycles. The minimum absolute atomic E-state index is 0.0260. The number of nitrogens with one attached hydrogen (secondary N) is 2. The predicted octanol–water partition coefficient (Wildman–Crippen LogP) is 3.42. The van der Waals surface area contributed by atoms with Crippen molar-refractivity contribution in [3.63, 3.8) is 0 Å². The standard InChI is InChI=1S/C29H23F2N7O2/c1-17-12-18(13-23(35-17)26(39)37-15-24-25(16-37)34-11-10-33-24)14-38-27(40)29(36-28(38)32,19-2-6-21(30)7-3-19)20-4-8-22(31)9-5-20/h2-13H,14-16H2,1H3,(H2,32,36). The van der Waals surface area contributed by atoms with Crippen molar-refractivity contribution >= 4 is 17.8 Å². The highest BCUT2D eigenvalue weighted by atomic mass is 19.1. The molecule has 6 rings (SSSR count). The van der Waals surface area contributed by atoms with Crippen LogP contribution in [-0.4, -0.2) is 42.5 Å². The van der Waals surface area contributed by atoms with E-state index in [-0.39, 0.29) is 24.1 Å². The lowest BCUT2D eigenvalue weighted by Crippen LogP contribution is -2.45. The molecule has 200 valence electrons. The quantitative estimate of drug-likeness (QED) is 0.402. The van der Waals surface area contributed by atoms with Gasteiger partial charge in [0, 0.05) is 18.1 Å². The number of amides is 2. The lowest BCUT2D eigenvalue weighted by Gasteiger charge is -2.28. The van der Waals surface area contributed by atoms with Gasteiger partial charge >= 0.3 is 0 Å². The number of carbonyl (C=O) groups excluding carboxylic acids is 2. The Labute approximate surface area is 228 Å². The molecule has 11 heteroatoms. The molecule has 1 saturated heterocycles. The number of hydrogen-bond donors (Lipinski definition) is 2. The summed E-state index contributed by atoms with van der Waals surface area (Å²) < 4.78 is 27.5. The summed E-state index contributed by atoms with van der Waals surface area (Å²) in [5.74, 6) is -1.93. The summed E-state index contributed by atoms with van der Waals surface area (Å²) in [5.41, 5.74) is 2.08. The van der Waals surface area contributed by atoms with Crippen molar-refractivity contribution in [3.8, 4) is 0 Å². The van der Waals surface area contributed by atoms with Gasteiger partial charge < -0.3 is 10.2 Å². The smallest absolute Gasteiger partial charge is 0.273 e.